The molecule has 1 fully saturated rings. The lowest BCUT2D eigenvalue weighted by Gasteiger charge is -2.40. The number of hydrogen-bond donors (Lipinski definition) is 1. The summed E-state index contributed by atoms with van der Waals surface area (Å²) in [6.45, 7) is 1.10. The topological polar surface area (TPSA) is 101 Å². The maximum absolute atomic E-state index is 13.7. The van der Waals surface area contributed by atoms with E-state index in [2.05, 4.69) is 4.98 Å². The number of aromatic nitrogens is 1. The number of likely N-dealkylation sites (tertiary alicyclic amines) is 1. The monoisotopic (exact) mass is 483 g/mol. The molecule has 1 saturated heterocycles. The van der Waals surface area contributed by atoms with Crippen molar-refractivity contribution in [2.24, 2.45) is 16.6 Å². The highest BCUT2D eigenvalue weighted by Crippen LogP contribution is 2.45. The highest BCUT2D eigenvalue weighted by atomic mass is 16.5. The second kappa shape index (κ2) is 9.45. The number of pyridine rings is 1. The van der Waals surface area contributed by atoms with Gasteiger partial charge in [-0.05, 0) is 48.2 Å². The van der Waals surface area contributed by atoms with Crippen molar-refractivity contribution in [2.75, 3.05) is 27.2 Å². The van der Waals surface area contributed by atoms with Gasteiger partial charge in [-0.15, -0.1) is 0 Å². The van der Waals surface area contributed by atoms with Gasteiger partial charge < -0.3 is 15.4 Å². The smallest absolute Gasteiger partial charge is 0.261 e. The molecular formula is C28H29N5O3. The van der Waals surface area contributed by atoms with E-state index in [4.69, 9.17) is 15.5 Å². The van der Waals surface area contributed by atoms with Crippen LogP contribution in [0.3, 0.4) is 0 Å². The first-order valence-corrected chi connectivity index (χ1v) is 12.0. The van der Waals surface area contributed by atoms with Crippen molar-refractivity contribution in [3.63, 3.8) is 0 Å². The minimum Gasteiger partial charge on any atom is -0.495 e. The minimum absolute atomic E-state index is 0.00787. The molecular weight excluding hydrogens is 454 g/mol. The predicted molar refractivity (Wildman–Crippen MR) is 137 cm³/mol. The van der Waals surface area contributed by atoms with Crippen molar-refractivity contribution in [1.29, 1.82) is 0 Å². The first kappa shape index (κ1) is 23.5. The zero-order chi connectivity index (χ0) is 25.3. The molecule has 3 aromatic rings. The first-order chi connectivity index (χ1) is 17.4. The van der Waals surface area contributed by atoms with Gasteiger partial charge in [-0.3, -0.25) is 19.5 Å². The normalized spacial score (nSPS) is 20.4. The molecule has 3 heterocycles. The number of nitrogens with zero attached hydrogens (tertiary/aromatic N) is 4. The molecule has 8 nitrogen and oxygen atoms in total. The van der Waals surface area contributed by atoms with Gasteiger partial charge in [0.1, 0.15) is 5.75 Å². The van der Waals surface area contributed by atoms with Crippen LogP contribution >= 0.6 is 0 Å². The lowest BCUT2D eigenvalue weighted by molar-refractivity contribution is -0.133. The van der Waals surface area contributed by atoms with Gasteiger partial charge in [-0.1, -0.05) is 36.4 Å². The summed E-state index contributed by atoms with van der Waals surface area (Å²) in [5.74, 6) is 0.618. The van der Waals surface area contributed by atoms with Crippen LogP contribution in [0, 0.1) is 5.92 Å². The van der Waals surface area contributed by atoms with Crippen molar-refractivity contribution < 1.29 is 14.3 Å². The second-order valence-electron chi connectivity index (χ2n) is 9.23. The van der Waals surface area contributed by atoms with E-state index in [1.165, 1.54) is 4.90 Å². The minimum atomic E-state index is -1.14. The number of piperidine rings is 1. The third-order valence-electron chi connectivity index (χ3n) is 7.24. The van der Waals surface area contributed by atoms with Gasteiger partial charge in [0.05, 0.1) is 13.3 Å². The molecule has 2 N–H and O–H groups in total. The van der Waals surface area contributed by atoms with Crippen molar-refractivity contribution in [2.45, 2.75) is 18.4 Å². The molecule has 1 unspecified atom stereocenters. The molecule has 5 rings (SSSR count). The molecule has 36 heavy (non-hydrogen) atoms. The van der Waals surface area contributed by atoms with Gasteiger partial charge >= 0.3 is 0 Å². The van der Waals surface area contributed by atoms with Crippen LogP contribution in [0.25, 0.3) is 11.1 Å². The fraction of sp³-hybridized carbons (Fsp3) is 0.286. The Balaban J connectivity index is 1.48. The Hall–Kier alpha value is -4.20. The summed E-state index contributed by atoms with van der Waals surface area (Å²) >= 11 is 0. The summed E-state index contributed by atoms with van der Waals surface area (Å²) in [7, 11) is 3.26. The van der Waals surface area contributed by atoms with E-state index in [1.54, 1.807) is 26.6 Å². The zero-order valence-corrected chi connectivity index (χ0v) is 20.4. The summed E-state index contributed by atoms with van der Waals surface area (Å²) in [5.41, 5.74) is 8.30. The molecule has 1 atom stereocenters. The fourth-order valence-electron chi connectivity index (χ4n) is 5.24. The highest BCUT2D eigenvalue weighted by molar-refractivity contribution is 6.07. The lowest BCUT2D eigenvalue weighted by Crippen LogP contribution is -2.49. The van der Waals surface area contributed by atoms with Crippen LogP contribution in [-0.4, -0.2) is 59.8 Å². The predicted octanol–water partition coefficient (Wildman–Crippen LogP) is 3.29. The summed E-state index contributed by atoms with van der Waals surface area (Å²) in [4.78, 5) is 39.1. The van der Waals surface area contributed by atoms with Gasteiger partial charge in [0.25, 0.3) is 11.8 Å². The number of carbonyl (C=O) groups excluding carboxylic acids is 2. The number of rotatable bonds is 5. The van der Waals surface area contributed by atoms with Gasteiger partial charge in [0.2, 0.25) is 0 Å². The molecule has 0 aliphatic carbocycles. The number of aliphatic imine (C=N–C) groups is 1. The largest absolute Gasteiger partial charge is 0.495 e. The third kappa shape index (κ3) is 3.98. The van der Waals surface area contributed by atoms with Crippen molar-refractivity contribution >= 4 is 17.8 Å². The number of amides is 2. The van der Waals surface area contributed by atoms with E-state index in [0.29, 0.717) is 37.2 Å². The average Bonchev–Trinajstić information content (AvgIpc) is 3.18. The number of hydrogen-bond acceptors (Lipinski definition) is 6. The molecule has 1 aromatic heterocycles. The third-order valence-corrected chi connectivity index (χ3v) is 7.24. The van der Waals surface area contributed by atoms with Gasteiger partial charge in [-0.2, -0.15) is 0 Å². The molecule has 2 aromatic carbocycles. The van der Waals surface area contributed by atoms with Crippen LogP contribution in [0.1, 0.15) is 28.8 Å². The standard InChI is InChI=1S/C28H29N5O3/c1-32-26(35)28(31-27(32)29,22-11-13-33(14-12-22)25(34)19-7-4-3-5-8-19)23-10-6-9-20(15-23)21-16-24(36-2)18-30-17-21/h3-10,15-18,22H,11-14H2,1-2H3,(H2,29,31). The van der Waals surface area contributed by atoms with E-state index in [9.17, 15) is 9.59 Å². The number of ether oxygens (including phenoxy) is 1. The lowest BCUT2D eigenvalue weighted by atomic mass is 9.72. The van der Waals surface area contributed by atoms with Crippen molar-refractivity contribution in [1.82, 2.24) is 14.8 Å². The molecule has 0 radical (unpaired) electrons. The Kier molecular flexibility index (Phi) is 6.18. The summed E-state index contributed by atoms with van der Waals surface area (Å²) in [6, 6.07) is 19.0. The second-order valence-corrected chi connectivity index (χ2v) is 9.23. The van der Waals surface area contributed by atoms with E-state index in [0.717, 1.165) is 16.7 Å². The van der Waals surface area contributed by atoms with Crippen LogP contribution in [0.5, 0.6) is 5.75 Å². The number of benzene rings is 2. The number of likely N-dealkylation sites (N-methyl/N-ethyl adjacent to an activating group) is 1. The van der Waals surface area contributed by atoms with Crippen molar-refractivity contribution in [3.05, 3.63) is 84.2 Å². The van der Waals surface area contributed by atoms with Gasteiger partial charge in [0.15, 0.2) is 11.5 Å². The van der Waals surface area contributed by atoms with Crippen molar-refractivity contribution in [3.8, 4) is 16.9 Å². The van der Waals surface area contributed by atoms with E-state index in [1.807, 2.05) is 65.6 Å². The number of nitrogens with two attached hydrogens (primary N) is 1. The van der Waals surface area contributed by atoms with Crippen LogP contribution in [0.2, 0.25) is 0 Å². The van der Waals surface area contributed by atoms with Gasteiger partial charge in [0, 0.05) is 43.4 Å². The Morgan fingerprint density at radius 1 is 1.03 bits per heavy atom. The number of guanidine groups is 1. The molecule has 2 aliphatic heterocycles. The number of methoxy groups -OCH3 is 1. The zero-order valence-electron chi connectivity index (χ0n) is 20.4. The SMILES string of the molecule is COc1cncc(-c2cccc(C3(C4CCN(C(=O)c5ccccc5)CC4)N=C(N)N(C)C3=O)c2)c1. The Labute approximate surface area is 210 Å². The molecule has 0 saturated carbocycles. The van der Waals surface area contributed by atoms with E-state index < -0.39 is 5.54 Å². The highest BCUT2D eigenvalue weighted by Gasteiger charge is 2.54. The number of carbonyl (C=O) groups is 2. The van der Waals surface area contributed by atoms with Crippen LogP contribution in [0.15, 0.2) is 78.0 Å². The summed E-state index contributed by atoms with van der Waals surface area (Å²) in [5, 5.41) is 0. The molecule has 2 amide bonds. The molecule has 0 bridgehead atoms. The quantitative estimate of drug-likeness (QED) is 0.600. The summed E-state index contributed by atoms with van der Waals surface area (Å²) < 4.78 is 5.33. The van der Waals surface area contributed by atoms with Crippen LogP contribution in [-0.2, 0) is 10.3 Å². The van der Waals surface area contributed by atoms with Crippen LogP contribution < -0.4 is 10.5 Å². The van der Waals surface area contributed by atoms with E-state index >= 15 is 0 Å². The Bertz CT molecular complexity index is 1320. The maximum Gasteiger partial charge on any atom is 0.261 e. The average molecular weight is 484 g/mol. The van der Waals surface area contributed by atoms with Gasteiger partial charge in [-0.25, -0.2) is 4.99 Å². The summed E-state index contributed by atoms with van der Waals surface area (Å²) in [6.07, 6.45) is 4.70. The Morgan fingerprint density at radius 3 is 2.44 bits per heavy atom. The molecule has 0 spiro atoms. The first-order valence-electron chi connectivity index (χ1n) is 12.0. The molecule has 2 aliphatic rings. The Morgan fingerprint density at radius 2 is 1.78 bits per heavy atom. The van der Waals surface area contributed by atoms with Crippen LogP contribution in [0.4, 0.5) is 0 Å². The fourth-order valence-corrected chi connectivity index (χ4v) is 5.24. The van der Waals surface area contributed by atoms with E-state index in [-0.39, 0.29) is 23.7 Å². The maximum atomic E-state index is 13.7. The molecule has 184 valence electrons. The molecule has 8 heteroatoms.